The van der Waals surface area contributed by atoms with Crippen molar-refractivity contribution in [1.29, 1.82) is 0 Å². The van der Waals surface area contributed by atoms with E-state index in [-0.39, 0.29) is 23.8 Å². The average Bonchev–Trinajstić information content (AvgIpc) is 3.11. The molecule has 0 atom stereocenters. The van der Waals surface area contributed by atoms with Crippen molar-refractivity contribution in [3.63, 3.8) is 0 Å². The van der Waals surface area contributed by atoms with Crippen LogP contribution in [0.3, 0.4) is 0 Å². The predicted molar refractivity (Wildman–Crippen MR) is 122 cm³/mol. The van der Waals surface area contributed by atoms with Crippen molar-refractivity contribution in [3.8, 4) is 33.9 Å². The van der Waals surface area contributed by atoms with Crippen LogP contribution in [0.5, 0.6) is 11.5 Å². The number of fused-ring (bicyclic) bond motifs is 1. The fourth-order valence-corrected chi connectivity index (χ4v) is 3.63. The zero-order chi connectivity index (χ0) is 22.1. The molecule has 0 saturated heterocycles. The molecule has 31 heavy (non-hydrogen) atoms. The summed E-state index contributed by atoms with van der Waals surface area (Å²) in [6.07, 6.45) is 3.93. The molecule has 0 amide bonds. The fraction of sp³-hybridized carbons (Fsp3) is 0.269. The molecule has 4 nitrogen and oxygen atoms in total. The number of ether oxygens (including phenoxy) is 2. The Morgan fingerprint density at radius 1 is 0.871 bits per heavy atom. The van der Waals surface area contributed by atoms with Gasteiger partial charge in [0.05, 0.1) is 24.1 Å². The monoisotopic (exact) mass is 418 g/mol. The number of aromatic nitrogens is 2. The first kappa shape index (κ1) is 20.9. The van der Waals surface area contributed by atoms with Crippen LogP contribution in [0.1, 0.15) is 33.3 Å². The van der Waals surface area contributed by atoms with E-state index < -0.39 is 0 Å². The minimum Gasteiger partial charge on any atom is -0.491 e. The molecule has 4 aromatic rings. The normalized spacial score (nSPS) is 11.5. The van der Waals surface area contributed by atoms with Crippen LogP contribution in [0.15, 0.2) is 60.9 Å². The molecule has 2 aromatic carbocycles. The minimum absolute atomic E-state index is 0.0794. The van der Waals surface area contributed by atoms with Gasteiger partial charge in [-0.3, -0.25) is 4.40 Å². The lowest BCUT2D eigenvalue weighted by atomic mass is 10.0. The third kappa shape index (κ3) is 4.41. The van der Waals surface area contributed by atoms with Crippen molar-refractivity contribution in [2.45, 2.75) is 46.8 Å². The Kier molecular flexibility index (Phi) is 5.68. The highest BCUT2D eigenvalue weighted by atomic mass is 19.1. The molecular weight excluding hydrogens is 391 g/mol. The molecule has 0 aliphatic rings. The Labute approximate surface area is 182 Å². The van der Waals surface area contributed by atoms with Crippen molar-refractivity contribution < 1.29 is 13.9 Å². The summed E-state index contributed by atoms with van der Waals surface area (Å²) in [6.45, 7) is 9.79. The molecule has 2 heterocycles. The van der Waals surface area contributed by atoms with Crippen LogP contribution < -0.4 is 9.47 Å². The van der Waals surface area contributed by atoms with Gasteiger partial charge in [0.2, 0.25) is 0 Å². The number of hydrogen-bond donors (Lipinski definition) is 0. The maximum Gasteiger partial charge on any atom is 0.165 e. The van der Waals surface area contributed by atoms with Gasteiger partial charge in [-0.1, -0.05) is 6.07 Å². The Hall–Kier alpha value is -3.34. The Morgan fingerprint density at radius 3 is 2.19 bits per heavy atom. The van der Waals surface area contributed by atoms with Crippen molar-refractivity contribution in [2.75, 3.05) is 0 Å². The first-order chi connectivity index (χ1) is 14.8. The predicted octanol–water partition coefficient (Wildman–Crippen LogP) is 6.69. The van der Waals surface area contributed by atoms with Gasteiger partial charge in [-0.05, 0) is 88.2 Å². The molecule has 5 heteroatoms. The number of imidazole rings is 1. The van der Waals surface area contributed by atoms with E-state index in [1.165, 1.54) is 6.07 Å². The number of nitrogens with zero attached hydrogens (tertiary/aromatic N) is 2. The highest BCUT2D eigenvalue weighted by Crippen LogP contribution is 2.31. The molecule has 4 rings (SSSR count). The first-order valence-corrected chi connectivity index (χ1v) is 10.5. The van der Waals surface area contributed by atoms with Gasteiger partial charge < -0.3 is 9.47 Å². The molecule has 0 spiro atoms. The van der Waals surface area contributed by atoms with Crippen LogP contribution in [-0.2, 0) is 0 Å². The molecule has 0 aliphatic carbocycles. The van der Waals surface area contributed by atoms with Crippen molar-refractivity contribution in [2.24, 2.45) is 0 Å². The quantitative estimate of drug-likeness (QED) is 0.350. The van der Waals surface area contributed by atoms with Crippen LogP contribution in [0.2, 0.25) is 0 Å². The molecule has 160 valence electrons. The molecule has 0 saturated carbocycles. The number of halogens is 1. The van der Waals surface area contributed by atoms with Crippen molar-refractivity contribution in [1.82, 2.24) is 9.38 Å². The van der Waals surface area contributed by atoms with Gasteiger partial charge in [-0.15, -0.1) is 0 Å². The van der Waals surface area contributed by atoms with E-state index in [4.69, 9.17) is 9.47 Å². The molecular formula is C26H27FN2O2. The average molecular weight is 419 g/mol. The van der Waals surface area contributed by atoms with Crippen LogP contribution in [0.25, 0.3) is 28.0 Å². The molecule has 0 bridgehead atoms. The Bertz CT molecular complexity index is 1210. The summed E-state index contributed by atoms with van der Waals surface area (Å²) in [6, 6.07) is 15.1. The fourth-order valence-electron chi connectivity index (χ4n) is 3.63. The molecule has 0 N–H and O–H groups in total. The molecule has 0 fully saturated rings. The number of aryl methyl sites for hydroxylation is 1. The van der Waals surface area contributed by atoms with E-state index in [2.05, 4.69) is 4.98 Å². The summed E-state index contributed by atoms with van der Waals surface area (Å²) >= 11 is 0. The van der Waals surface area contributed by atoms with E-state index in [0.29, 0.717) is 0 Å². The van der Waals surface area contributed by atoms with Gasteiger partial charge in [0.15, 0.2) is 11.6 Å². The van der Waals surface area contributed by atoms with Crippen LogP contribution in [-0.4, -0.2) is 21.6 Å². The van der Waals surface area contributed by atoms with Crippen LogP contribution >= 0.6 is 0 Å². The Balaban J connectivity index is 1.74. The smallest absolute Gasteiger partial charge is 0.165 e. The SMILES string of the molecule is Cc1cc2ncc(-c3ccc(OC(C)C)cc3)n2cc1-c1ccc(OC(C)C)c(F)c1. The van der Waals surface area contributed by atoms with Gasteiger partial charge in [0.25, 0.3) is 0 Å². The van der Waals surface area contributed by atoms with E-state index >= 15 is 0 Å². The maximum absolute atomic E-state index is 14.6. The first-order valence-electron chi connectivity index (χ1n) is 10.5. The zero-order valence-corrected chi connectivity index (χ0v) is 18.5. The topological polar surface area (TPSA) is 35.8 Å². The second-order valence-corrected chi connectivity index (χ2v) is 8.24. The van der Waals surface area contributed by atoms with Gasteiger partial charge >= 0.3 is 0 Å². The summed E-state index contributed by atoms with van der Waals surface area (Å²) in [5.41, 5.74) is 5.62. The van der Waals surface area contributed by atoms with E-state index in [9.17, 15) is 4.39 Å². The minimum atomic E-state index is -0.364. The lowest BCUT2D eigenvalue weighted by Gasteiger charge is -2.13. The molecule has 0 radical (unpaired) electrons. The molecule has 0 aliphatic heterocycles. The lowest BCUT2D eigenvalue weighted by molar-refractivity contribution is 0.231. The highest BCUT2D eigenvalue weighted by molar-refractivity contribution is 5.72. The summed E-state index contributed by atoms with van der Waals surface area (Å²) in [5.74, 6) is 0.741. The summed E-state index contributed by atoms with van der Waals surface area (Å²) in [7, 11) is 0. The largest absolute Gasteiger partial charge is 0.491 e. The van der Waals surface area contributed by atoms with Crippen LogP contribution in [0.4, 0.5) is 4.39 Å². The maximum atomic E-state index is 14.6. The lowest BCUT2D eigenvalue weighted by Crippen LogP contribution is -2.06. The summed E-state index contributed by atoms with van der Waals surface area (Å²) in [5, 5.41) is 0. The van der Waals surface area contributed by atoms with Gasteiger partial charge in [-0.25, -0.2) is 9.37 Å². The molecule has 0 unspecified atom stereocenters. The van der Waals surface area contributed by atoms with Crippen molar-refractivity contribution in [3.05, 3.63) is 72.3 Å². The number of pyridine rings is 1. The third-order valence-electron chi connectivity index (χ3n) is 4.98. The second-order valence-electron chi connectivity index (χ2n) is 8.24. The third-order valence-corrected chi connectivity index (χ3v) is 4.98. The summed E-state index contributed by atoms with van der Waals surface area (Å²) in [4.78, 5) is 4.56. The number of hydrogen-bond acceptors (Lipinski definition) is 3. The number of rotatable bonds is 6. The number of benzene rings is 2. The summed E-state index contributed by atoms with van der Waals surface area (Å²) < 4.78 is 27.9. The standard InChI is InChI=1S/C26H27FN2O2/c1-16(2)30-21-9-6-19(7-10-21)24-14-28-26-12-18(5)22(15-29(24)26)20-8-11-25(23(27)13-20)31-17(3)4/h6-17H,1-5H3. The van der Waals surface area contributed by atoms with E-state index in [1.54, 1.807) is 6.07 Å². The second kappa shape index (κ2) is 8.42. The highest BCUT2D eigenvalue weighted by Gasteiger charge is 2.13. The van der Waals surface area contributed by atoms with Gasteiger partial charge in [-0.2, -0.15) is 0 Å². The van der Waals surface area contributed by atoms with Gasteiger partial charge in [0.1, 0.15) is 11.4 Å². The zero-order valence-electron chi connectivity index (χ0n) is 18.5. The van der Waals surface area contributed by atoms with Crippen molar-refractivity contribution >= 4 is 5.65 Å². The van der Waals surface area contributed by atoms with E-state index in [0.717, 1.165) is 39.3 Å². The van der Waals surface area contributed by atoms with Crippen LogP contribution in [0, 0.1) is 12.7 Å². The Morgan fingerprint density at radius 2 is 1.55 bits per heavy atom. The molecule has 2 aromatic heterocycles. The van der Waals surface area contributed by atoms with Gasteiger partial charge in [0, 0.05) is 17.3 Å². The van der Waals surface area contributed by atoms with E-state index in [1.807, 2.05) is 87.8 Å².